The fourth-order valence-corrected chi connectivity index (χ4v) is 3.31. The van der Waals surface area contributed by atoms with E-state index < -0.39 is 0 Å². The lowest BCUT2D eigenvalue weighted by Gasteiger charge is -2.29. The first-order valence-corrected chi connectivity index (χ1v) is 8.67. The first kappa shape index (κ1) is 17.3. The maximum absolute atomic E-state index is 11.4. The predicted octanol–water partition coefficient (Wildman–Crippen LogP) is 6.28. The van der Waals surface area contributed by atoms with Gasteiger partial charge in [-0.3, -0.25) is 5.11 Å². The third-order valence-electron chi connectivity index (χ3n) is 5.34. The molecule has 1 nitrogen and oxygen atoms in total. The number of benzene rings is 3. The summed E-state index contributed by atoms with van der Waals surface area (Å²) in [4.78, 5) is 0. The molecule has 0 aliphatic carbocycles. The van der Waals surface area contributed by atoms with E-state index in [1.807, 2.05) is 24.3 Å². The van der Waals surface area contributed by atoms with E-state index in [0.717, 1.165) is 5.56 Å². The standard InChI is InChI=1S/C24H24O/c1-23(2,18-8-6-5-7-9-18)19-10-12-20(13-11-19)24(3,4)21-14-16-22(25)17-15-21/h6-17H,1-4H3. The van der Waals surface area contributed by atoms with Crippen LogP contribution in [0.2, 0.25) is 0 Å². The highest BCUT2D eigenvalue weighted by Crippen LogP contribution is 2.35. The van der Waals surface area contributed by atoms with Gasteiger partial charge in [0.25, 0.3) is 0 Å². The van der Waals surface area contributed by atoms with Gasteiger partial charge in [0.1, 0.15) is 0 Å². The van der Waals surface area contributed by atoms with Gasteiger partial charge in [-0.05, 0) is 40.5 Å². The normalized spacial score (nSPS) is 12.2. The van der Waals surface area contributed by atoms with Crippen molar-refractivity contribution in [1.82, 2.24) is 0 Å². The average Bonchev–Trinajstić information content (AvgIpc) is 2.63. The summed E-state index contributed by atoms with van der Waals surface area (Å²) in [6.07, 6.45) is 0. The van der Waals surface area contributed by atoms with Crippen molar-refractivity contribution in [3.8, 4) is 5.75 Å². The lowest BCUT2D eigenvalue weighted by atomic mass is 9.74. The van der Waals surface area contributed by atoms with Crippen molar-refractivity contribution in [3.63, 3.8) is 0 Å². The van der Waals surface area contributed by atoms with Crippen LogP contribution in [0, 0.1) is 6.07 Å². The zero-order valence-electron chi connectivity index (χ0n) is 15.3. The monoisotopic (exact) mass is 328 g/mol. The Kier molecular flexibility index (Phi) is 4.43. The Hall–Kier alpha value is -2.54. The van der Waals surface area contributed by atoms with Crippen LogP contribution in [0.3, 0.4) is 0 Å². The van der Waals surface area contributed by atoms with E-state index in [4.69, 9.17) is 0 Å². The Morgan fingerprint density at radius 2 is 0.880 bits per heavy atom. The van der Waals surface area contributed by atoms with Crippen molar-refractivity contribution < 1.29 is 5.11 Å². The number of hydrogen-bond donors (Lipinski definition) is 0. The molecule has 126 valence electrons. The number of hydrogen-bond acceptors (Lipinski definition) is 0. The molecule has 0 heterocycles. The molecule has 3 aromatic carbocycles. The molecule has 2 radical (unpaired) electrons. The minimum absolute atomic E-state index is 0.0525. The minimum Gasteiger partial charge on any atom is -0.290 e. The SMILES string of the molecule is CC(C)(c1cc[c]cc1)c1ccc(C(C)(C)c2ccc([O])cc2)cc1. The van der Waals surface area contributed by atoms with Gasteiger partial charge in [0.2, 0.25) is 0 Å². The molecule has 25 heavy (non-hydrogen) atoms. The molecule has 0 aromatic heterocycles. The van der Waals surface area contributed by atoms with Gasteiger partial charge in [-0.15, -0.1) is 0 Å². The average molecular weight is 328 g/mol. The summed E-state index contributed by atoms with van der Waals surface area (Å²) in [5.74, 6) is 0.0525. The highest BCUT2D eigenvalue weighted by Gasteiger charge is 2.26. The Morgan fingerprint density at radius 1 is 0.560 bits per heavy atom. The summed E-state index contributed by atoms with van der Waals surface area (Å²) >= 11 is 0. The van der Waals surface area contributed by atoms with E-state index in [1.165, 1.54) is 16.7 Å². The van der Waals surface area contributed by atoms with Gasteiger partial charge >= 0.3 is 0 Å². The van der Waals surface area contributed by atoms with Crippen LogP contribution < -0.4 is 0 Å². The molecular weight excluding hydrogens is 304 g/mol. The highest BCUT2D eigenvalue weighted by atomic mass is 16.3. The summed E-state index contributed by atoms with van der Waals surface area (Å²) in [5, 5.41) is 11.4. The molecule has 0 saturated heterocycles. The van der Waals surface area contributed by atoms with Gasteiger partial charge in [0, 0.05) is 10.8 Å². The van der Waals surface area contributed by atoms with E-state index in [-0.39, 0.29) is 16.6 Å². The Bertz CT molecular complexity index is 826. The largest absolute Gasteiger partial charge is 0.290 e. The molecular formula is C24H24O. The van der Waals surface area contributed by atoms with Crippen molar-refractivity contribution in [2.45, 2.75) is 38.5 Å². The quantitative estimate of drug-likeness (QED) is 0.537. The molecule has 0 amide bonds. The van der Waals surface area contributed by atoms with Crippen LogP contribution in [0.25, 0.3) is 0 Å². The van der Waals surface area contributed by atoms with Crippen molar-refractivity contribution in [2.75, 3.05) is 0 Å². The van der Waals surface area contributed by atoms with Gasteiger partial charge < -0.3 is 0 Å². The predicted molar refractivity (Wildman–Crippen MR) is 103 cm³/mol. The molecule has 1 heteroatoms. The van der Waals surface area contributed by atoms with Gasteiger partial charge in [0.15, 0.2) is 5.75 Å². The second-order valence-electron chi connectivity index (χ2n) is 7.64. The molecule has 3 rings (SSSR count). The van der Waals surface area contributed by atoms with Crippen LogP contribution in [-0.4, -0.2) is 0 Å². The molecule has 0 saturated carbocycles. The fraction of sp³-hybridized carbons (Fsp3) is 0.250. The number of rotatable bonds is 4. The van der Waals surface area contributed by atoms with E-state index in [9.17, 15) is 5.11 Å². The van der Waals surface area contributed by atoms with Gasteiger partial charge in [0.05, 0.1) is 0 Å². The maximum atomic E-state index is 11.4. The maximum Gasteiger partial charge on any atom is 0.178 e. The topological polar surface area (TPSA) is 19.9 Å². The molecule has 0 unspecified atom stereocenters. The Labute approximate surface area is 151 Å². The van der Waals surface area contributed by atoms with Crippen molar-refractivity contribution >= 4 is 0 Å². The summed E-state index contributed by atoms with van der Waals surface area (Å²) in [7, 11) is 0. The van der Waals surface area contributed by atoms with Crippen LogP contribution >= 0.6 is 0 Å². The van der Waals surface area contributed by atoms with Crippen LogP contribution in [0.4, 0.5) is 0 Å². The van der Waals surface area contributed by atoms with Crippen molar-refractivity contribution in [3.05, 3.63) is 101 Å². The molecule has 0 N–H and O–H groups in total. The zero-order chi connectivity index (χ0) is 18.1. The fourth-order valence-electron chi connectivity index (χ4n) is 3.31. The summed E-state index contributed by atoms with van der Waals surface area (Å²) in [6.45, 7) is 8.88. The van der Waals surface area contributed by atoms with Crippen molar-refractivity contribution in [1.29, 1.82) is 0 Å². The van der Waals surface area contributed by atoms with Gasteiger partial charge in [-0.2, -0.15) is 0 Å². The molecule has 0 aliphatic heterocycles. The molecule has 3 aromatic rings. The molecule has 0 bridgehead atoms. The van der Waals surface area contributed by atoms with Gasteiger partial charge in [-0.25, -0.2) is 0 Å². The van der Waals surface area contributed by atoms with E-state index in [1.54, 1.807) is 12.1 Å². The van der Waals surface area contributed by atoms with Crippen molar-refractivity contribution in [2.24, 2.45) is 0 Å². The van der Waals surface area contributed by atoms with Crippen LogP contribution in [0.1, 0.15) is 49.9 Å². The zero-order valence-corrected chi connectivity index (χ0v) is 15.3. The van der Waals surface area contributed by atoms with Crippen LogP contribution in [0.15, 0.2) is 72.8 Å². The lowest BCUT2D eigenvalue weighted by Crippen LogP contribution is -2.21. The summed E-state index contributed by atoms with van der Waals surface area (Å²) < 4.78 is 0. The minimum atomic E-state index is -0.141. The molecule has 0 fully saturated rings. The Morgan fingerprint density at radius 3 is 1.28 bits per heavy atom. The van der Waals surface area contributed by atoms with E-state index in [2.05, 4.69) is 70.2 Å². The van der Waals surface area contributed by atoms with Crippen LogP contribution in [0.5, 0.6) is 5.75 Å². The first-order chi connectivity index (χ1) is 11.8. The summed E-state index contributed by atoms with van der Waals surface area (Å²) in [6, 6.07) is 27.3. The van der Waals surface area contributed by atoms with E-state index in [0.29, 0.717) is 0 Å². The van der Waals surface area contributed by atoms with Crippen LogP contribution in [-0.2, 0) is 15.9 Å². The molecule has 0 aliphatic rings. The van der Waals surface area contributed by atoms with E-state index >= 15 is 0 Å². The smallest absolute Gasteiger partial charge is 0.178 e. The highest BCUT2D eigenvalue weighted by molar-refractivity contribution is 5.43. The molecule has 0 spiro atoms. The summed E-state index contributed by atoms with van der Waals surface area (Å²) in [5.41, 5.74) is 4.77. The lowest BCUT2D eigenvalue weighted by molar-refractivity contribution is 0.354. The third kappa shape index (κ3) is 3.32. The Balaban J connectivity index is 1.93. The molecule has 0 atom stereocenters. The third-order valence-corrected chi connectivity index (χ3v) is 5.34. The first-order valence-electron chi connectivity index (χ1n) is 8.67. The van der Waals surface area contributed by atoms with Gasteiger partial charge in [-0.1, -0.05) is 88.4 Å². The second kappa shape index (κ2) is 6.40. The second-order valence-corrected chi connectivity index (χ2v) is 7.64.